The molecule has 58 heavy (non-hydrogen) atoms. The Bertz CT molecular complexity index is 2670. The van der Waals surface area contributed by atoms with Crippen LogP contribution in [0.3, 0.4) is 0 Å². The third-order valence-electron chi connectivity index (χ3n) is 12.3. The Balaban J connectivity index is 1.65. The van der Waals surface area contributed by atoms with Crippen LogP contribution in [0.5, 0.6) is 0 Å². The van der Waals surface area contributed by atoms with Gasteiger partial charge in [0.15, 0.2) is 0 Å². The fraction of sp³-hybridized carbons (Fsp3) is 0.327. The summed E-state index contributed by atoms with van der Waals surface area (Å²) in [5, 5.41) is 6.34. The second-order valence-electron chi connectivity index (χ2n) is 20.9. The van der Waals surface area contributed by atoms with E-state index >= 15 is 0 Å². The zero-order valence-corrected chi connectivity index (χ0v) is 40.5. The molecular weight excluding hydrogens is 823 g/mol. The molecule has 0 unspecified atom stereocenters. The van der Waals surface area contributed by atoms with Crippen LogP contribution in [0.2, 0.25) is 10.0 Å². The van der Waals surface area contributed by atoms with Crippen molar-refractivity contribution < 1.29 is 21.3 Å². The van der Waals surface area contributed by atoms with Gasteiger partial charge in [0.25, 0.3) is 0 Å². The Morgan fingerprint density at radius 3 is 1.53 bits per heavy atom. The van der Waals surface area contributed by atoms with Crippen molar-refractivity contribution in [2.24, 2.45) is 0 Å². The second-order valence-corrected chi connectivity index (χ2v) is 27.6. The van der Waals surface area contributed by atoms with Crippen LogP contribution < -0.4 is 3.27 Å². The summed E-state index contributed by atoms with van der Waals surface area (Å²) >= 11 is 11.1. The monoisotopic (exact) mass is 878 g/mol. The van der Waals surface area contributed by atoms with Crippen molar-refractivity contribution in [3.8, 4) is 11.1 Å². The number of halogens is 2. The van der Waals surface area contributed by atoms with Gasteiger partial charge in [-0.15, -0.1) is 0 Å². The maximum atomic E-state index is 7.22. The van der Waals surface area contributed by atoms with Gasteiger partial charge in [0.2, 0.25) is 0 Å². The second kappa shape index (κ2) is 14.7. The molecule has 0 atom stereocenters. The molecule has 2 aliphatic rings. The van der Waals surface area contributed by atoms with E-state index in [1.807, 2.05) is 0 Å². The molecule has 3 heteroatoms. The quantitative estimate of drug-likeness (QED) is 0.165. The first-order valence-electron chi connectivity index (χ1n) is 21.0. The fourth-order valence-electron chi connectivity index (χ4n) is 9.72. The molecule has 0 spiro atoms. The minimum absolute atomic E-state index is 0.00486. The normalized spacial score (nSPS) is 14.3. The van der Waals surface area contributed by atoms with Crippen LogP contribution >= 0.6 is 23.2 Å². The van der Waals surface area contributed by atoms with Gasteiger partial charge < -0.3 is 0 Å². The third kappa shape index (κ3) is 7.41. The molecular formula is C55H58Cl2Zr. The van der Waals surface area contributed by atoms with Gasteiger partial charge in [-0.05, 0) is 0 Å². The number of allylic oxidation sites excluding steroid dienone is 4. The van der Waals surface area contributed by atoms with Crippen LogP contribution in [-0.4, -0.2) is 3.21 Å². The molecule has 0 fully saturated rings. The van der Waals surface area contributed by atoms with Gasteiger partial charge in [0, 0.05) is 0 Å². The summed E-state index contributed by atoms with van der Waals surface area (Å²) in [6, 6.07) is 34.2. The Kier molecular flexibility index (Phi) is 10.5. The van der Waals surface area contributed by atoms with Gasteiger partial charge in [-0.3, -0.25) is 0 Å². The molecule has 0 saturated carbocycles. The van der Waals surface area contributed by atoms with Crippen LogP contribution in [-0.2, 0) is 49.3 Å². The van der Waals surface area contributed by atoms with Crippen molar-refractivity contribution in [2.45, 2.75) is 118 Å². The molecule has 0 N–H and O–H groups in total. The van der Waals surface area contributed by atoms with Crippen LogP contribution in [0.4, 0.5) is 0 Å². The first-order valence-corrected chi connectivity index (χ1v) is 25.4. The number of hydrogen-bond donors (Lipinski definition) is 0. The van der Waals surface area contributed by atoms with E-state index in [9.17, 15) is 0 Å². The molecule has 296 valence electrons. The number of hydrogen-bond acceptors (Lipinski definition) is 0. The standard InChI is InChI=1S/C29H41.C21H12Cl2.C5H5.Zr/c1-26(2,3)22-14-18-13-19-15-23(27(4,5)6)25(29(10,11)12)17-21(19)20(18)16-24(22)28(7,8)9;22-18-10-14-5-1-3-7-20(14)16(12-18)9-17-13-19(23)11-15-6-2-4-8-21(15)17;1-2-4-5-3-1;/h14,16-17H,13H2,1-12H3;1-8,10-13H;1-3H,4H2;. The molecule has 0 aliphatic heterocycles. The summed E-state index contributed by atoms with van der Waals surface area (Å²) in [7, 11) is 0. The van der Waals surface area contributed by atoms with Crippen LogP contribution in [0.15, 0.2) is 113 Å². The summed E-state index contributed by atoms with van der Waals surface area (Å²) in [6.07, 6.45) is 9.07. The molecule has 2 aliphatic carbocycles. The maximum absolute atomic E-state index is 7.22. The van der Waals surface area contributed by atoms with Gasteiger partial charge in [0.05, 0.1) is 0 Å². The van der Waals surface area contributed by atoms with Gasteiger partial charge in [-0.2, -0.15) is 0 Å². The van der Waals surface area contributed by atoms with E-state index in [4.69, 9.17) is 23.2 Å². The van der Waals surface area contributed by atoms with Gasteiger partial charge in [0.1, 0.15) is 0 Å². The zero-order chi connectivity index (χ0) is 41.7. The molecule has 0 amide bonds. The van der Waals surface area contributed by atoms with E-state index in [2.05, 4.69) is 192 Å². The van der Waals surface area contributed by atoms with Crippen LogP contribution in [0.1, 0.15) is 134 Å². The van der Waals surface area contributed by atoms with E-state index in [1.165, 1.54) is 69.6 Å². The first kappa shape index (κ1) is 41.4. The van der Waals surface area contributed by atoms with Gasteiger partial charge in [-0.25, -0.2) is 0 Å². The Morgan fingerprint density at radius 1 is 0.552 bits per heavy atom. The number of benzene rings is 6. The molecule has 6 aromatic rings. The van der Waals surface area contributed by atoms with Crippen LogP contribution in [0.25, 0.3) is 32.7 Å². The van der Waals surface area contributed by atoms with Crippen LogP contribution in [0, 0.1) is 0 Å². The van der Waals surface area contributed by atoms with Crippen molar-refractivity contribution in [2.75, 3.05) is 0 Å². The van der Waals surface area contributed by atoms with E-state index in [-0.39, 0.29) is 21.7 Å². The van der Waals surface area contributed by atoms with Crippen molar-refractivity contribution in [1.29, 1.82) is 0 Å². The average molecular weight is 881 g/mol. The van der Waals surface area contributed by atoms with Crippen molar-refractivity contribution in [3.63, 3.8) is 0 Å². The molecule has 0 saturated heterocycles. The molecule has 6 aromatic carbocycles. The summed E-state index contributed by atoms with van der Waals surface area (Å²) in [4.78, 5) is 0. The first-order chi connectivity index (χ1) is 27.1. The third-order valence-corrected chi connectivity index (χ3v) is 20.4. The predicted octanol–water partition coefficient (Wildman–Crippen LogP) is 15.4. The Hall–Kier alpha value is -3.35. The molecule has 0 nitrogen and oxygen atoms in total. The molecule has 0 radical (unpaired) electrons. The minimum atomic E-state index is -3.33. The Morgan fingerprint density at radius 2 is 1.05 bits per heavy atom. The van der Waals surface area contributed by atoms with E-state index in [1.54, 1.807) is 6.55 Å². The predicted molar refractivity (Wildman–Crippen MR) is 252 cm³/mol. The average Bonchev–Trinajstić information content (AvgIpc) is 3.79. The van der Waals surface area contributed by atoms with Gasteiger partial charge in [-0.1, -0.05) is 0 Å². The van der Waals surface area contributed by atoms with Crippen molar-refractivity contribution >= 4 is 51.2 Å². The fourth-order valence-corrected chi connectivity index (χ4v) is 19.3. The van der Waals surface area contributed by atoms with Crippen molar-refractivity contribution in [1.82, 2.24) is 0 Å². The SMILES string of the molecule is CC(C)(C)c1cc2c(cc1C(C)(C)C)-c1cc(C(C)(C)C)c(C(C)(C)C)[c]([Zr]([C]3=CC=CC3)=[C](c3cc(Cl)cc4ccccc34)c3cc(Cl)cc4ccccc34)c1C2. The zero-order valence-electron chi connectivity index (χ0n) is 36.6. The number of fused-ring (bicyclic) bond motifs is 5. The molecule has 0 aromatic heterocycles. The number of rotatable bonds is 4. The summed E-state index contributed by atoms with van der Waals surface area (Å²) < 4.78 is 4.68. The molecule has 0 bridgehead atoms. The molecule has 8 rings (SSSR count). The Labute approximate surface area is 365 Å². The van der Waals surface area contributed by atoms with Crippen molar-refractivity contribution in [3.05, 3.63) is 167 Å². The topological polar surface area (TPSA) is 0 Å². The summed E-state index contributed by atoms with van der Waals surface area (Å²) in [5.74, 6) is 0. The van der Waals surface area contributed by atoms with E-state index in [0.29, 0.717) is 0 Å². The van der Waals surface area contributed by atoms with E-state index < -0.39 is 21.3 Å². The summed E-state index contributed by atoms with van der Waals surface area (Å²) in [5.41, 5.74) is 14.1. The van der Waals surface area contributed by atoms with Gasteiger partial charge >= 0.3 is 368 Å². The molecule has 0 heterocycles. The van der Waals surface area contributed by atoms with E-state index in [0.717, 1.165) is 33.7 Å². The summed E-state index contributed by atoms with van der Waals surface area (Å²) in [6.45, 7) is 28.9.